The van der Waals surface area contributed by atoms with Crippen molar-refractivity contribution >= 4 is 11.4 Å². The van der Waals surface area contributed by atoms with Crippen LogP contribution in [0.3, 0.4) is 0 Å². The second-order valence-corrected chi connectivity index (χ2v) is 9.07. The van der Waals surface area contributed by atoms with E-state index in [2.05, 4.69) is 83.1 Å². The molecule has 5 heteroatoms. The van der Waals surface area contributed by atoms with E-state index in [4.69, 9.17) is 14.9 Å². The Labute approximate surface area is 226 Å². The van der Waals surface area contributed by atoms with E-state index >= 15 is 0 Å². The van der Waals surface area contributed by atoms with Crippen molar-refractivity contribution in [1.82, 2.24) is 4.98 Å². The first-order valence-electron chi connectivity index (χ1n) is 13.4. The van der Waals surface area contributed by atoms with Crippen LogP contribution in [0, 0.1) is 5.41 Å². The van der Waals surface area contributed by atoms with Gasteiger partial charge in [-0.1, -0.05) is 105 Å². The van der Waals surface area contributed by atoms with Gasteiger partial charge in [0, 0.05) is 24.8 Å². The minimum Gasteiger partial charge on any atom is -0.474 e. The number of anilines is 1. The highest BCUT2D eigenvalue weighted by molar-refractivity contribution is 6.03. The van der Waals surface area contributed by atoms with E-state index in [0.29, 0.717) is 30.4 Å². The maximum atomic E-state index is 8.67. The first-order valence-corrected chi connectivity index (χ1v) is 13.4. The van der Waals surface area contributed by atoms with Gasteiger partial charge in [0.25, 0.3) is 0 Å². The van der Waals surface area contributed by atoms with Crippen LogP contribution in [0.1, 0.15) is 55.9 Å². The number of nitrogens with one attached hydrogen (secondary N) is 2. The van der Waals surface area contributed by atoms with Crippen LogP contribution in [-0.2, 0) is 10.3 Å². The lowest BCUT2D eigenvalue weighted by atomic mass is 9.76. The molecule has 0 amide bonds. The molecule has 196 valence electrons. The van der Waals surface area contributed by atoms with E-state index in [1.165, 1.54) is 0 Å². The van der Waals surface area contributed by atoms with Crippen molar-refractivity contribution in [3.05, 3.63) is 126 Å². The summed E-state index contributed by atoms with van der Waals surface area (Å²) in [4.78, 5) is 4.56. The fourth-order valence-corrected chi connectivity index (χ4v) is 4.93. The molecule has 1 aliphatic rings. The Balaban J connectivity index is 0.00000164. The minimum absolute atomic E-state index is 0.0294. The van der Waals surface area contributed by atoms with E-state index < -0.39 is 5.54 Å². The molecule has 0 bridgehead atoms. The van der Waals surface area contributed by atoms with Crippen molar-refractivity contribution in [2.45, 2.75) is 45.3 Å². The van der Waals surface area contributed by atoms with Crippen molar-refractivity contribution in [1.29, 1.82) is 5.41 Å². The largest absolute Gasteiger partial charge is 0.474 e. The molecule has 1 aromatic heterocycles. The molecule has 0 atom stereocenters. The molecule has 0 spiro atoms. The van der Waals surface area contributed by atoms with Gasteiger partial charge in [0.15, 0.2) is 0 Å². The first kappa shape index (κ1) is 27.1. The summed E-state index contributed by atoms with van der Waals surface area (Å²) in [5.41, 5.74) is 4.47. The van der Waals surface area contributed by atoms with Gasteiger partial charge in [-0.15, -0.1) is 0 Å². The normalized spacial score (nSPS) is 13.7. The molecule has 1 aliphatic heterocycles. The van der Waals surface area contributed by atoms with Crippen LogP contribution in [0.4, 0.5) is 5.69 Å². The van der Waals surface area contributed by atoms with E-state index in [9.17, 15) is 0 Å². The van der Waals surface area contributed by atoms with Gasteiger partial charge in [0.2, 0.25) is 5.88 Å². The van der Waals surface area contributed by atoms with Crippen LogP contribution >= 0.6 is 0 Å². The van der Waals surface area contributed by atoms with Crippen molar-refractivity contribution in [3.8, 4) is 5.88 Å². The molecule has 4 aromatic rings. The molecule has 5 rings (SSSR count). The quantitative estimate of drug-likeness (QED) is 0.192. The summed E-state index contributed by atoms with van der Waals surface area (Å²) in [6, 6.07) is 33.3. The third-order valence-electron chi connectivity index (χ3n) is 6.68. The lowest BCUT2D eigenvalue weighted by Gasteiger charge is -2.38. The van der Waals surface area contributed by atoms with Crippen LogP contribution in [0.25, 0.3) is 0 Å². The number of nitrogens with zero attached hydrogens (tertiary/aromatic N) is 1. The topological polar surface area (TPSA) is 67.2 Å². The number of hydrogen-bond donors (Lipinski definition) is 2. The van der Waals surface area contributed by atoms with Crippen molar-refractivity contribution in [2.24, 2.45) is 0 Å². The molecule has 5 nitrogen and oxygen atoms in total. The molecule has 2 N–H and O–H groups in total. The predicted octanol–water partition coefficient (Wildman–Crippen LogP) is 7.46. The smallest absolute Gasteiger partial charge is 0.224 e. The summed E-state index contributed by atoms with van der Waals surface area (Å²) in [7, 11) is 0. The number of benzene rings is 3. The second kappa shape index (κ2) is 13.0. The number of ether oxygens (including phenoxy) is 2. The van der Waals surface area contributed by atoms with Gasteiger partial charge in [-0.3, -0.25) is 0 Å². The van der Waals surface area contributed by atoms with Gasteiger partial charge in [-0.05, 0) is 29.7 Å². The monoisotopic (exact) mass is 507 g/mol. The zero-order valence-corrected chi connectivity index (χ0v) is 22.5. The summed E-state index contributed by atoms with van der Waals surface area (Å²) in [6.07, 6.45) is 3.42. The molecule has 3 aromatic carbocycles. The van der Waals surface area contributed by atoms with E-state index in [-0.39, 0.29) is 6.10 Å². The third kappa shape index (κ3) is 5.79. The summed E-state index contributed by atoms with van der Waals surface area (Å²) in [6.45, 7) is 7.15. The summed E-state index contributed by atoms with van der Waals surface area (Å²) in [5.74, 6) is 0.488. The number of aromatic nitrogens is 1. The lowest BCUT2D eigenvalue weighted by molar-refractivity contribution is 0.0237. The molecule has 0 radical (unpaired) electrons. The van der Waals surface area contributed by atoms with Gasteiger partial charge in [-0.25, -0.2) is 4.98 Å². The Morgan fingerprint density at radius 1 is 0.816 bits per heavy atom. The van der Waals surface area contributed by atoms with Gasteiger partial charge in [0.1, 0.15) is 11.6 Å². The molecule has 0 saturated carbocycles. The highest BCUT2D eigenvalue weighted by Crippen LogP contribution is 2.41. The minimum atomic E-state index is -0.703. The zero-order valence-electron chi connectivity index (χ0n) is 22.5. The summed E-state index contributed by atoms with van der Waals surface area (Å²) >= 11 is 0. The standard InChI is InChI=1S/C31H31N3O2.C2H6/c1-23(32)29-28(17-20-33-30(29)36-27-18-21-35-22-19-27)34-31(24-11-5-2-6-12-24,25-13-7-3-8-14-25)26-15-9-4-10-16-26;1-2/h2-17,20,27,32H,18-19,21-22H2,1H3,(H,33,34);1-2H3. The fourth-order valence-electron chi connectivity index (χ4n) is 4.93. The van der Waals surface area contributed by atoms with Crippen molar-refractivity contribution < 1.29 is 9.47 Å². The molecule has 0 unspecified atom stereocenters. The lowest BCUT2D eigenvalue weighted by Crippen LogP contribution is -2.38. The Morgan fingerprint density at radius 3 is 1.74 bits per heavy atom. The molecule has 38 heavy (non-hydrogen) atoms. The van der Waals surface area contributed by atoms with Gasteiger partial charge >= 0.3 is 0 Å². The molecular weight excluding hydrogens is 470 g/mol. The molecule has 1 fully saturated rings. The number of pyridine rings is 1. The van der Waals surface area contributed by atoms with Crippen LogP contribution in [0.15, 0.2) is 103 Å². The zero-order chi connectivity index (χ0) is 26.8. The van der Waals surface area contributed by atoms with E-state index in [0.717, 1.165) is 35.2 Å². The summed E-state index contributed by atoms with van der Waals surface area (Å²) in [5, 5.41) is 12.6. The average molecular weight is 508 g/mol. The Morgan fingerprint density at radius 2 is 1.29 bits per heavy atom. The third-order valence-corrected chi connectivity index (χ3v) is 6.68. The maximum absolute atomic E-state index is 8.67. The van der Waals surface area contributed by atoms with E-state index in [1.54, 1.807) is 13.1 Å². The Bertz CT molecular complexity index is 1190. The maximum Gasteiger partial charge on any atom is 0.224 e. The Kier molecular flexibility index (Phi) is 9.28. The number of rotatable bonds is 8. The van der Waals surface area contributed by atoms with Gasteiger partial charge in [0.05, 0.1) is 24.5 Å². The summed E-state index contributed by atoms with van der Waals surface area (Å²) < 4.78 is 11.8. The Hall–Kier alpha value is -3.96. The second-order valence-electron chi connectivity index (χ2n) is 9.07. The van der Waals surface area contributed by atoms with Crippen LogP contribution in [0.5, 0.6) is 5.88 Å². The van der Waals surface area contributed by atoms with Gasteiger partial charge < -0.3 is 20.2 Å². The van der Waals surface area contributed by atoms with Crippen LogP contribution in [0.2, 0.25) is 0 Å². The SMILES string of the molecule is CC.CC(=N)c1c(NC(c2ccccc2)(c2ccccc2)c2ccccc2)ccnc1OC1CCOCC1. The fraction of sp³-hybridized carbons (Fsp3) is 0.273. The van der Waals surface area contributed by atoms with E-state index in [1.807, 2.05) is 38.1 Å². The van der Waals surface area contributed by atoms with Crippen LogP contribution < -0.4 is 10.1 Å². The van der Waals surface area contributed by atoms with Gasteiger partial charge in [-0.2, -0.15) is 0 Å². The van der Waals surface area contributed by atoms with Crippen molar-refractivity contribution in [2.75, 3.05) is 18.5 Å². The first-order chi connectivity index (χ1) is 18.7. The molecule has 1 saturated heterocycles. The molecule has 0 aliphatic carbocycles. The van der Waals surface area contributed by atoms with Crippen molar-refractivity contribution in [3.63, 3.8) is 0 Å². The van der Waals surface area contributed by atoms with Crippen LogP contribution in [-0.4, -0.2) is 30.0 Å². The highest BCUT2D eigenvalue weighted by atomic mass is 16.5. The predicted molar refractivity (Wildman–Crippen MR) is 155 cm³/mol. The molecular formula is C33H37N3O2. The molecule has 2 heterocycles. The number of hydrogen-bond acceptors (Lipinski definition) is 5. The highest BCUT2D eigenvalue weighted by Gasteiger charge is 2.37. The average Bonchev–Trinajstić information content (AvgIpc) is 2.99.